The molecule has 0 unspecified atom stereocenters. The summed E-state index contributed by atoms with van der Waals surface area (Å²) in [6, 6.07) is 8.71. The van der Waals surface area contributed by atoms with E-state index in [9.17, 15) is 22.4 Å². The Morgan fingerprint density at radius 2 is 1.84 bits per heavy atom. The molecule has 2 heterocycles. The van der Waals surface area contributed by atoms with Crippen LogP contribution in [-0.4, -0.2) is 19.6 Å². The zero-order chi connectivity index (χ0) is 17.8. The highest BCUT2D eigenvalue weighted by Crippen LogP contribution is 2.35. The average molecular weight is 348 g/mol. The van der Waals surface area contributed by atoms with E-state index < -0.39 is 23.2 Å². The lowest BCUT2D eigenvalue weighted by molar-refractivity contribution is -0.136. The molecule has 0 bridgehead atoms. The van der Waals surface area contributed by atoms with Gasteiger partial charge < -0.3 is 4.98 Å². The number of aromatic amines is 1. The highest BCUT2D eigenvalue weighted by molar-refractivity contribution is 5.94. The van der Waals surface area contributed by atoms with Crippen molar-refractivity contribution in [2.45, 2.75) is 6.18 Å². The van der Waals surface area contributed by atoms with Gasteiger partial charge in [-0.2, -0.15) is 17.7 Å². The molecule has 0 saturated carbocycles. The van der Waals surface area contributed by atoms with E-state index in [1.54, 1.807) is 0 Å². The molecule has 9 heteroatoms. The smallest absolute Gasteiger partial charge is 0.305 e. The number of hydrogen-bond donors (Lipinski definition) is 1. The molecule has 0 saturated heterocycles. The van der Waals surface area contributed by atoms with Gasteiger partial charge in [0.05, 0.1) is 16.5 Å². The summed E-state index contributed by atoms with van der Waals surface area (Å²) >= 11 is 0. The number of nitrogens with one attached hydrogen (secondary N) is 1. The third-order valence-corrected chi connectivity index (χ3v) is 3.72. The predicted molar refractivity (Wildman–Crippen MR) is 81.5 cm³/mol. The Labute approximate surface area is 136 Å². The third kappa shape index (κ3) is 2.44. The average Bonchev–Trinajstić information content (AvgIpc) is 2.99. The first-order valence-electron chi connectivity index (χ1n) is 7.09. The summed E-state index contributed by atoms with van der Waals surface area (Å²) in [6.45, 7) is 0. The fourth-order valence-electron chi connectivity index (χ4n) is 2.67. The summed E-state index contributed by atoms with van der Waals surface area (Å²) in [5.74, 6) is -0.597. The minimum Gasteiger partial charge on any atom is -0.305 e. The van der Waals surface area contributed by atoms with Gasteiger partial charge in [-0.1, -0.05) is 18.2 Å². The zero-order valence-electron chi connectivity index (χ0n) is 12.3. The van der Waals surface area contributed by atoms with Crippen molar-refractivity contribution in [2.75, 3.05) is 0 Å². The van der Waals surface area contributed by atoms with Gasteiger partial charge in [0.1, 0.15) is 5.82 Å². The Balaban J connectivity index is 2.12. The van der Waals surface area contributed by atoms with Crippen LogP contribution < -0.4 is 5.69 Å². The molecule has 0 radical (unpaired) electrons. The van der Waals surface area contributed by atoms with E-state index in [1.807, 2.05) is 0 Å². The van der Waals surface area contributed by atoms with Gasteiger partial charge in [-0.15, -0.1) is 5.10 Å². The number of benzene rings is 2. The first-order valence-corrected chi connectivity index (χ1v) is 7.09. The molecule has 1 N–H and O–H groups in total. The van der Waals surface area contributed by atoms with E-state index in [-0.39, 0.29) is 27.9 Å². The van der Waals surface area contributed by atoms with Crippen LogP contribution >= 0.6 is 0 Å². The first kappa shape index (κ1) is 15.3. The predicted octanol–water partition coefficient (Wildman–Crippen LogP) is 3.40. The van der Waals surface area contributed by atoms with Gasteiger partial charge >= 0.3 is 11.9 Å². The van der Waals surface area contributed by atoms with Crippen molar-refractivity contribution in [2.24, 2.45) is 0 Å². The van der Waals surface area contributed by atoms with E-state index in [1.165, 1.54) is 30.3 Å². The molecule has 0 amide bonds. The van der Waals surface area contributed by atoms with E-state index in [0.29, 0.717) is 0 Å². The topological polar surface area (TPSA) is 63.0 Å². The van der Waals surface area contributed by atoms with Crippen LogP contribution in [0, 0.1) is 5.82 Å². The van der Waals surface area contributed by atoms with Crippen LogP contribution in [0.3, 0.4) is 0 Å². The lowest BCUT2D eigenvalue weighted by Gasteiger charge is -2.10. The second-order valence-electron chi connectivity index (χ2n) is 5.34. The Kier molecular flexibility index (Phi) is 3.14. The maximum absolute atomic E-state index is 13.4. The number of H-pyrrole nitrogens is 1. The standard InChI is InChI=1S/C16H8F4N4O/c17-9-4-1-3-8(7-9)13-22-14-12-10(16(18,19)20)5-2-6-11(12)21-15(25)24(14)23-13/h1-7H,(H,21,25). The maximum atomic E-state index is 13.4. The summed E-state index contributed by atoms with van der Waals surface area (Å²) < 4.78 is 54.1. The molecular weight excluding hydrogens is 340 g/mol. The largest absolute Gasteiger partial charge is 0.417 e. The molecule has 0 aliphatic carbocycles. The van der Waals surface area contributed by atoms with Gasteiger partial charge in [-0.25, -0.2) is 14.2 Å². The number of alkyl halides is 3. The van der Waals surface area contributed by atoms with Crippen molar-refractivity contribution in [3.63, 3.8) is 0 Å². The van der Waals surface area contributed by atoms with Crippen molar-refractivity contribution >= 4 is 16.6 Å². The fourth-order valence-corrected chi connectivity index (χ4v) is 2.67. The van der Waals surface area contributed by atoms with Crippen LogP contribution in [0.4, 0.5) is 17.6 Å². The summed E-state index contributed by atoms with van der Waals surface area (Å²) in [6.07, 6.45) is -4.64. The van der Waals surface area contributed by atoms with Crippen LogP contribution in [0.25, 0.3) is 27.9 Å². The van der Waals surface area contributed by atoms with Gasteiger partial charge in [0.15, 0.2) is 11.5 Å². The Morgan fingerprint density at radius 1 is 1.08 bits per heavy atom. The molecule has 0 spiro atoms. The van der Waals surface area contributed by atoms with Crippen LogP contribution in [0.1, 0.15) is 5.56 Å². The number of rotatable bonds is 1. The van der Waals surface area contributed by atoms with E-state index in [2.05, 4.69) is 15.1 Å². The quantitative estimate of drug-likeness (QED) is 0.536. The molecule has 25 heavy (non-hydrogen) atoms. The Morgan fingerprint density at radius 3 is 2.56 bits per heavy atom. The van der Waals surface area contributed by atoms with Crippen molar-refractivity contribution in [3.8, 4) is 11.4 Å². The number of aromatic nitrogens is 4. The van der Waals surface area contributed by atoms with Crippen LogP contribution in [-0.2, 0) is 6.18 Å². The lowest BCUT2D eigenvalue weighted by Crippen LogP contribution is -2.19. The monoisotopic (exact) mass is 348 g/mol. The molecular formula is C16H8F4N4O. The van der Waals surface area contributed by atoms with Gasteiger partial charge in [0.25, 0.3) is 0 Å². The summed E-state index contributed by atoms with van der Waals surface area (Å²) in [5, 5.41) is 3.65. The van der Waals surface area contributed by atoms with Gasteiger partial charge in [0.2, 0.25) is 0 Å². The van der Waals surface area contributed by atoms with Crippen molar-refractivity contribution < 1.29 is 17.6 Å². The van der Waals surface area contributed by atoms with Gasteiger partial charge in [0, 0.05) is 5.56 Å². The van der Waals surface area contributed by atoms with Gasteiger partial charge in [-0.05, 0) is 24.3 Å². The summed E-state index contributed by atoms with van der Waals surface area (Å²) in [7, 11) is 0. The minimum atomic E-state index is -4.64. The first-order chi connectivity index (χ1) is 11.8. The summed E-state index contributed by atoms with van der Waals surface area (Å²) in [4.78, 5) is 18.5. The maximum Gasteiger partial charge on any atom is 0.417 e. The number of nitrogens with zero attached hydrogens (tertiary/aromatic N) is 3. The number of halogens is 4. The molecule has 4 aromatic rings. The second kappa shape index (κ2) is 5.13. The lowest BCUT2D eigenvalue weighted by atomic mass is 10.1. The van der Waals surface area contributed by atoms with Crippen LogP contribution in [0.15, 0.2) is 47.3 Å². The zero-order valence-corrected chi connectivity index (χ0v) is 12.3. The van der Waals surface area contributed by atoms with Crippen LogP contribution in [0.5, 0.6) is 0 Å². The van der Waals surface area contributed by atoms with E-state index in [4.69, 9.17) is 0 Å². The molecule has 0 aliphatic heterocycles. The Bertz CT molecular complexity index is 1180. The molecule has 126 valence electrons. The molecule has 4 rings (SSSR count). The molecule has 2 aromatic carbocycles. The van der Waals surface area contributed by atoms with Crippen molar-refractivity contribution in [1.82, 2.24) is 19.6 Å². The molecule has 0 fully saturated rings. The summed E-state index contributed by atoms with van der Waals surface area (Å²) in [5.41, 5.74) is -1.68. The van der Waals surface area contributed by atoms with E-state index >= 15 is 0 Å². The molecule has 0 aliphatic rings. The molecule has 0 atom stereocenters. The van der Waals surface area contributed by atoms with Crippen molar-refractivity contribution in [1.29, 1.82) is 0 Å². The second-order valence-corrected chi connectivity index (χ2v) is 5.34. The minimum absolute atomic E-state index is 0.00878. The Hall–Kier alpha value is -3.23. The fraction of sp³-hybridized carbons (Fsp3) is 0.0625. The van der Waals surface area contributed by atoms with Crippen LogP contribution in [0.2, 0.25) is 0 Å². The number of fused-ring (bicyclic) bond motifs is 3. The highest BCUT2D eigenvalue weighted by Gasteiger charge is 2.34. The van der Waals surface area contributed by atoms with Crippen molar-refractivity contribution in [3.05, 3.63) is 64.3 Å². The normalized spacial score (nSPS) is 12.2. The van der Waals surface area contributed by atoms with Gasteiger partial charge in [-0.3, -0.25) is 0 Å². The van der Waals surface area contributed by atoms with E-state index in [0.717, 1.165) is 16.6 Å². The molecule has 5 nitrogen and oxygen atoms in total. The third-order valence-electron chi connectivity index (χ3n) is 3.72. The number of hydrogen-bond acceptors (Lipinski definition) is 3. The molecule has 2 aromatic heterocycles. The highest BCUT2D eigenvalue weighted by atomic mass is 19.4. The SMILES string of the molecule is O=c1[nH]c2cccc(C(F)(F)F)c2c2nc(-c3cccc(F)c3)nn12.